The van der Waals surface area contributed by atoms with E-state index in [0.717, 1.165) is 108 Å². The molecule has 0 aromatic rings. The molecule has 3 unspecified atom stereocenters. The second kappa shape index (κ2) is 64.1. The van der Waals surface area contributed by atoms with Gasteiger partial charge in [0.2, 0.25) is 0 Å². The molecule has 0 heterocycles. The highest BCUT2D eigenvalue weighted by atomic mass is 31.2. The smallest absolute Gasteiger partial charge is 0.462 e. The van der Waals surface area contributed by atoms with Gasteiger partial charge in [0.1, 0.15) is 19.3 Å². The summed E-state index contributed by atoms with van der Waals surface area (Å²) in [5.41, 5.74) is 0. The number of aliphatic hydroxyl groups excluding tert-OH is 1. The average molecular weight is 1340 g/mol. The van der Waals surface area contributed by atoms with Gasteiger partial charge in [-0.15, -0.1) is 0 Å². The molecule has 0 spiro atoms. The zero-order valence-electron chi connectivity index (χ0n) is 59.1. The summed E-state index contributed by atoms with van der Waals surface area (Å²) in [6.45, 7) is 9.51. The molecule has 0 bridgehead atoms. The maximum Gasteiger partial charge on any atom is 0.472 e. The van der Waals surface area contributed by atoms with Gasteiger partial charge in [0.05, 0.1) is 26.4 Å². The van der Waals surface area contributed by atoms with E-state index in [9.17, 15) is 43.2 Å². The molecular weight excluding hydrogens is 1200 g/mol. The summed E-state index contributed by atoms with van der Waals surface area (Å²) < 4.78 is 68.4. The van der Waals surface area contributed by atoms with Crippen LogP contribution >= 0.6 is 15.6 Å². The number of carbonyl (C=O) groups excluding carboxylic acids is 4. The molecule has 0 aliphatic heterocycles. The van der Waals surface area contributed by atoms with Crippen molar-refractivity contribution in [3.8, 4) is 0 Å². The predicted octanol–water partition coefficient (Wildman–Crippen LogP) is 20.8. The molecule has 0 aliphatic carbocycles. The average Bonchev–Trinajstić information content (AvgIpc) is 3.71. The Morgan fingerprint density at radius 3 is 0.835 bits per heavy atom. The Morgan fingerprint density at radius 1 is 0.319 bits per heavy atom. The van der Waals surface area contributed by atoms with Crippen molar-refractivity contribution in [3.05, 3.63) is 0 Å². The number of phosphoric ester groups is 2. The molecule has 0 aromatic heterocycles. The molecule has 0 aliphatic rings. The standard InChI is InChI=1S/C72H140O17P2/c1-7-10-12-14-16-18-20-22-23-24-26-28-32-36-44-50-56-71(76)88-67(60-82-69(74)54-48-42-35-31-27-25-21-19-17-15-13-11-8-2)62-86-90(78,79)84-58-66(73)59-85-91(80,81)87-63-68(61-83-70(75)55-49-43-39-38-41-47-53-65(6)9-3)89-72(77)57-51-45-37-33-29-30-34-40-46-52-64(4)5/h64-68,73H,7-63H2,1-6H3,(H,78,79)(H,80,81)/t65?,66-,67-,68-/m1/s1. The van der Waals surface area contributed by atoms with Crippen LogP contribution in [0.15, 0.2) is 0 Å². The van der Waals surface area contributed by atoms with E-state index in [1.807, 2.05) is 0 Å². The van der Waals surface area contributed by atoms with Crippen LogP contribution in [-0.2, 0) is 65.4 Å². The van der Waals surface area contributed by atoms with Gasteiger partial charge < -0.3 is 33.8 Å². The summed E-state index contributed by atoms with van der Waals surface area (Å²) in [4.78, 5) is 72.6. The van der Waals surface area contributed by atoms with Crippen molar-refractivity contribution in [1.29, 1.82) is 0 Å². The first-order valence-corrected chi connectivity index (χ1v) is 40.5. The molecule has 91 heavy (non-hydrogen) atoms. The Hall–Kier alpha value is -1.94. The highest BCUT2D eigenvalue weighted by Gasteiger charge is 2.30. The summed E-state index contributed by atoms with van der Waals surface area (Å²) in [6.07, 6.45) is 49.9. The van der Waals surface area contributed by atoms with E-state index in [0.29, 0.717) is 25.7 Å². The van der Waals surface area contributed by atoms with E-state index in [2.05, 4.69) is 41.5 Å². The first-order valence-electron chi connectivity index (χ1n) is 37.5. The topological polar surface area (TPSA) is 237 Å². The number of esters is 4. The quantitative estimate of drug-likeness (QED) is 0.0222. The highest BCUT2D eigenvalue weighted by molar-refractivity contribution is 7.47. The molecule has 0 fully saturated rings. The van der Waals surface area contributed by atoms with Crippen LogP contribution in [0.3, 0.4) is 0 Å². The fraction of sp³-hybridized carbons (Fsp3) is 0.944. The molecule has 3 N–H and O–H groups in total. The number of ether oxygens (including phenoxy) is 4. The van der Waals surface area contributed by atoms with E-state index in [1.165, 1.54) is 180 Å². The van der Waals surface area contributed by atoms with Gasteiger partial charge in [-0.25, -0.2) is 9.13 Å². The Balaban J connectivity index is 5.25. The van der Waals surface area contributed by atoms with Gasteiger partial charge >= 0.3 is 39.5 Å². The fourth-order valence-electron chi connectivity index (χ4n) is 10.9. The first kappa shape index (κ1) is 89.1. The third kappa shape index (κ3) is 65.1. The third-order valence-electron chi connectivity index (χ3n) is 17.1. The van der Waals surface area contributed by atoms with E-state index in [-0.39, 0.29) is 25.7 Å². The lowest BCUT2D eigenvalue weighted by molar-refractivity contribution is -0.161. The zero-order valence-corrected chi connectivity index (χ0v) is 60.9. The molecule has 540 valence electrons. The van der Waals surface area contributed by atoms with E-state index in [4.69, 9.17) is 37.0 Å². The summed E-state index contributed by atoms with van der Waals surface area (Å²) in [5, 5.41) is 10.6. The summed E-state index contributed by atoms with van der Waals surface area (Å²) in [6, 6.07) is 0. The van der Waals surface area contributed by atoms with Crippen molar-refractivity contribution in [2.24, 2.45) is 11.8 Å². The minimum absolute atomic E-state index is 0.105. The number of phosphoric acid groups is 2. The molecule has 0 saturated heterocycles. The van der Waals surface area contributed by atoms with Crippen LogP contribution in [-0.4, -0.2) is 96.7 Å². The third-order valence-corrected chi connectivity index (χ3v) is 19.0. The maximum atomic E-state index is 13.0. The van der Waals surface area contributed by atoms with Crippen LogP contribution < -0.4 is 0 Å². The lowest BCUT2D eigenvalue weighted by atomic mass is 10.00. The minimum Gasteiger partial charge on any atom is -0.462 e. The van der Waals surface area contributed by atoms with Crippen LogP contribution in [0.25, 0.3) is 0 Å². The number of rotatable bonds is 71. The van der Waals surface area contributed by atoms with Crippen LogP contribution in [0.5, 0.6) is 0 Å². The fourth-order valence-corrected chi connectivity index (χ4v) is 12.5. The molecule has 6 atom stereocenters. The van der Waals surface area contributed by atoms with Gasteiger partial charge in [0.25, 0.3) is 0 Å². The zero-order chi connectivity index (χ0) is 67.2. The van der Waals surface area contributed by atoms with Crippen molar-refractivity contribution in [2.75, 3.05) is 39.6 Å². The largest absolute Gasteiger partial charge is 0.472 e. The summed E-state index contributed by atoms with van der Waals surface area (Å²) in [7, 11) is -9.90. The minimum atomic E-state index is -4.95. The monoisotopic (exact) mass is 1340 g/mol. The van der Waals surface area contributed by atoms with Crippen molar-refractivity contribution < 1.29 is 80.2 Å². The number of hydrogen-bond donors (Lipinski definition) is 3. The van der Waals surface area contributed by atoms with Gasteiger partial charge in [-0.1, -0.05) is 318 Å². The Morgan fingerprint density at radius 2 is 0.560 bits per heavy atom. The summed E-state index contributed by atoms with van der Waals surface area (Å²) >= 11 is 0. The van der Waals surface area contributed by atoms with Gasteiger partial charge in [-0.3, -0.25) is 37.3 Å². The van der Waals surface area contributed by atoms with E-state index >= 15 is 0 Å². The van der Waals surface area contributed by atoms with Crippen LogP contribution in [0.2, 0.25) is 0 Å². The Kier molecular flexibility index (Phi) is 62.7. The second-order valence-electron chi connectivity index (χ2n) is 26.7. The van der Waals surface area contributed by atoms with Crippen molar-refractivity contribution >= 4 is 39.5 Å². The number of hydrogen-bond acceptors (Lipinski definition) is 15. The van der Waals surface area contributed by atoms with Crippen molar-refractivity contribution in [3.63, 3.8) is 0 Å². The number of carbonyl (C=O) groups is 4. The molecule has 17 nitrogen and oxygen atoms in total. The Labute approximate surface area is 556 Å². The number of unbranched alkanes of at least 4 members (excludes halogenated alkanes) is 40. The lowest BCUT2D eigenvalue weighted by Crippen LogP contribution is -2.30. The predicted molar refractivity (Wildman–Crippen MR) is 368 cm³/mol. The van der Waals surface area contributed by atoms with E-state index < -0.39 is 97.5 Å². The second-order valence-corrected chi connectivity index (χ2v) is 29.6. The van der Waals surface area contributed by atoms with Crippen LogP contribution in [0, 0.1) is 11.8 Å². The van der Waals surface area contributed by atoms with Gasteiger partial charge in [0.15, 0.2) is 12.2 Å². The lowest BCUT2D eigenvalue weighted by Gasteiger charge is -2.21. The molecule has 0 rings (SSSR count). The van der Waals surface area contributed by atoms with Gasteiger partial charge in [0, 0.05) is 25.7 Å². The normalized spacial score (nSPS) is 14.4. The van der Waals surface area contributed by atoms with E-state index in [1.54, 1.807) is 0 Å². The van der Waals surface area contributed by atoms with Crippen LogP contribution in [0.1, 0.15) is 369 Å². The van der Waals surface area contributed by atoms with Gasteiger partial charge in [-0.05, 0) is 37.5 Å². The molecule has 0 aromatic carbocycles. The maximum absolute atomic E-state index is 13.0. The molecule has 0 amide bonds. The summed E-state index contributed by atoms with van der Waals surface area (Å²) in [5.74, 6) is -0.654. The Bertz CT molecular complexity index is 1770. The molecule has 19 heteroatoms. The SMILES string of the molecule is CCCCCCCCCCCCCCCCCCC(=O)O[C@H](COC(=O)CCCCCCCCCCCCCCC)COP(=O)(O)OC[C@@H](O)COP(=O)(O)OC[C@@H](COC(=O)CCCCCCCCC(C)CC)OC(=O)CCCCCCCCCCCC(C)C. The van der Waals surface area contributed by atoms with Crippen molar-refractivity contribution in [2.45, 2.75) is 387 Å². The molecule has 0 radical (unpaired) electrons. The van der Waals surface area contributed by atoms with Crippen LogP contribution in [0.4, 0.5) is 0 Å². The van der Waals surface area contributed by atoms with Crippen molar-refractivity contribution in [1.82, 2.24) is 0 Å². The van der Waals surface area contributed by atoms with Gasteiger partial charge in [-0.2, -0.15) is 0 Å². The first-order chi connectivity index (χ1) is 43.9. The molecule has 0 saturated carbocycles. The number of aliphatic hydroxyl groups is 1. The highest BCUT2D eigenvalue weighted by Crippen LogP contribution is 2.45. The molecular formula is C72H140O17P2.